The van der Waals surface area contributed by atoms with Gasteiger partial charge in [-0.1, -0.05) is 23.7 Å². The summed E-state index contributed by atoms with van der Waals surface area (Å²) in [5, 5.41) is 0.696. The molecule has 17 heavy (non-hydrogen) atoms. The van der Waals surface area contributed by atoms with Crippen LogP contribution in [0, 0.1) is 0 Å². The molecule has 0 radical (unpaired) electrons. The number of hydrogen-bond donors (Lipinski definition) is 1. The number of rotatable bonds is 3. The van der Waals surface area contributed by atoms with Crippen LogP contribution in [-0.2, 0) is 11.2 Å². The Morgan fingerprint density at radius 1 is 1.41 bits per heavy atom. The average molecular weight is 253 g/mol. The third kappa shape index (κ3) is 2.99. The zero-order valence-electron chi connectivity index (χ0n) is 9.73. The van der Waals surface area contributed by atoms with E-state index in [2.05, 4.69) is 0 Å². The maximum Gasteiger partial charge on any atom is 0.227 e. The summed E-state index contributed by atoms with van der Waals surface area (Å²) in [6, 6.07) is 7.65. The molecule has 0 bridgehead atoms. The second kappa shape index (κ2) is 5.52. The average Bonchev–Trinajstić information content (AvgIpc) is 2.80. The molecule has 1 aliphatic heterocycles. The summed E-state index contributed by atoms with van der Waals surface area (Å²) in [7, 11) is 0. The first kappa shape index (κ1) is 12.4. The summed E-state index contributed by atoms with van der Waals surface area (Å²) in [5.74, 6) is 0.167. The van der Waals surface area contributed by atoms with Crippen LogP contribution < -0.4 is 5.73 Å². The molecule has 3 nitrogen and oxygen atoms in total. The third-order valence-corrected chi connectivity index (χ3v) is 3.49. The molecule has 1 unspecified atom stereocenters. The van der Waals surface area contributed by atoms with Gasteiger partial charge in [0, 0.05) is 24.2 Å². The van der Waals surface area contributed by atoms with Gasteiger partial charge in [-0.2, -0.15) is 0 Å². The molecule has 2 N–H and O–H groups in total. The Labute approximate surface area is 107 Å². The van der Waals surface area contributed by atoms with Crippen LogP contribution in [0.5, 0.6) is 0 Å². The Morgan fingerprint density at radius 3 is 2.76 bits per heavy atom. The Kier molecular flexibility index (Phi) is 4.02. The number of carbonyl (C=O) groups excluding carboxylic acids is 1. The SMILES string of the molecule is NCC1CCCN1C(=O)Cc1ccc(Cl)cc1. The quantitative estimate of drug-likeness (QED) is 0.892. The Bertz CT molecular complexity index is 391. The van der Waals surface area contributed by atoms with E-state index in [1.807, 2.05) is 29.2 Å². The van der Waals surface area contributed by atoms with Crippen LogP contribution in [0.25, 0.3) is 0 Å². The second-order valence-corrected chi connectivity index (χ2v) is 4.86. The molecule has 1 fully saturated rings. The Hall–Kier alpha value is -1.06. The van der Waals surface area contributed by atoms with Crippen LogP contribution >= 0.6 is 11.6 Å². The predicted octanol–water partition coefficient (Wildman–Crippen LogP) is 1.83. The highest BCUT2D eigenvalue weighted by Crippen LogP contribution is 2.18. The molecule has 1 atom stereocenters. The highest BCUT2D eigenvalue weighted by molar-refractivity contribution is 6.30. The topological polar surface area (TPSA) is 46.3 Å². The van der Waals surface area contributed by atoms with Gasteiger partial charge in [-0.3, -0.25) is 4.79 Å². The number of nitrogens with zero attached hydrogens (tertiary/aromatic N) is 1. The first-order chi connectivity index (χ1) is 8.20. The Morgan fingerprint density at radius 2 is 2.12 bits per heavy atom. The van der Waals surface area contributed by atoms with Gasteiger partial charge in [0.25, 0.3) is 0 Å². The maximum absolute atomic E-state index is 12.1. The van der Waals surface area contributed by atoms with Crippen LogP contribution in [0.2, 0.25) is 5.02 Å². The molecular weight excluding hydrogens is 236 g/mol. The Balaban J connectivity index is 1.99. The van der Waals surface area contributed by atoms with Gasteiger partial charge < -0.3 is 10.6 Å². The van der Waals surface area contributed by atoms with E-state index in [1.165, 1.54) is 0 Å². The van der Waals surface area contributed by atoms with Gasteiger partial charge in [0.05, 0.1) is 6.42 Å². The maximum atomic E-state index is 12.1. The largest absolute Gasteiger partial charge is 0.338 e. The van der Waals surface area contributed by atoms with Crippen LogP contribution in [0.15, 0.2) is 24.3 Å². The first-order valence-corrected chi connectivity index (χ1v) is 6.32. The van der Waals surface area contributed by atoms with Gasteiger partial charge >= 0.3 is 0 Å². The molecule has 0 aliphatic carbocycles. The monoisotopic (exact) mass is 252 g/mol. The van der Waals surface area contributed by atoms with E-state index in [4.69, 9.17) is 17.3 Å². The molecule has 92 valence electrons. The molecule has 1 aliphatic rings. The van der Waals surface area contributed by atoms with E-state index in [9.17, 15) is 4.79 Å². The molecule has 1 saturated heterocycles. The third-order valence-electron chi connectivity index (χ3n) is 3.24. The summed E-state index contributed by atoms with van der Waals surface area (Å²) in [4.78, 5) is 14.0. The summed E-state index contributed by atoms with van der Waals surface area (Å²) in [5.41, 5.74) is 6.67. The molecule has 1 aromatic carbocycles. The lowest BCUT2D eigenvalue weighted by Crippen LogP contribution is -2.40. The fourth-order valence-electron chi connectivity index (χ4n) is 2.29. The van der Waals surface area contributed by atoms with Gasteiger partial charge in [-0.25, -0.2) is 0 Å². The van der Waals surface area contributed by atoms with E-state index >= 15 is 0 Å². The van der Waals surface area contributed by atoms with E-state index in [1.54, 1.807) is 0 Å². The van der Waals surface area contributed by atoms with Crippen molar-refractivity contribution in [2.45, 2.75) is 25.3 Å². The highest BCUT2D eigenvalue weighted by Gasteiger charge is 2.27. The lowest BCUT2D eigenvalue weighted by molar-refractivity contribution is -0.131. The van der Waals surface area contributed by atoms with Gasteiger partial charge in [0.2, 0.25) is 5.91 Å². The summed E-state index contributed by atoms with van der Waals surface area (Å²) in [6.45, 7) is 1.40. The normalized spacial score (nSPS) is 19.6. The number of nitrogens with two attached hydrogens (primary N) is 1. The van der Waals surface area contributed by atoms with Crippen molar-refractivity contribution < 1.29 is 4.79 Å². The molecular formula is C13H17ClN2O. The first-order valence-electron chi connectivity index (χ1n) is 5.94. The number of carbonyl (C=O) groups is 1. The highest BCUT2D eigenvalue weighted by atomic mass is 35.5. The van der Waals surface area contributed by atoms with E-state index in [0.29, 0.717) is 18.0 Å². The van der Waals surface area contributed by atoms with Crippen molar-refractivity contribution in [3.05, 3.63) is 34.9 Å². The molecule has 0 saturated carbocycles. The number of amides is 1. The van der Waals surface area contributed by atoms with Crippen molar-refractivity contribution >= 4 is 17.5 Å². The van der Waals surface area contributed by atoms with Crippen LogP contribution in [0.3, 0.4) is 0 Å². The summed E-state index contributed by atoms with van der Waals surface area (Å²) < 4.78 is 0. The van der Waals surface area contributed by atoms with Gasteiger partial charge in [0.1, 0.15) is 0 Å². The van der Waals surface area contributed by atoms with Crippen molar-refractivity contribution in [1.82, 2.24) is 4.90 Å². The smallest absolute Gasteiger partial charge is 0.227 e. The van der Waals surface area contributed by atoms with Gasteiger partial charge in [-0.15, -0.1) is 0 Å². The zero-order chi connectivity index (χ0) is 12.3. The molecule has 2 rings (SSSR count). The summed E-state index contributed by atoms with van der Waals surface area (Å²) in [6.07, 6.45) is 2.53. The zero-order valence-corrected chi connectivity index (χ0v) is 10.5. The van der Waals surface area contributed by atoms with Gasteiger partial charge in [0.15, 0.2) is 0 Å². The lowest BCUT2D eigenvalue weighted by atomic mass is 10.1. The van der Waals surface area contributed by atoms with Crippen molar-refractivity contribution in [3.63, 3.8) is 0 Å². The predicted molar refractivity (Wildman–Crippen MR) is 68.9 cm³/mol. The van der Waals surface area contributed by atoms with E-state index in [-0.39, 0.29) is 11.9 Å². The van der Waals surface area contributed by atoms with Crippen LogP contribution in [0.1, 0.15) is 18.4 Å². The van der Waals surface area contributed by atoms with Crippen molar-refractivity contribution in [1.29, 1.82) is 0 Å². The number of halogens is 1. The lowest BCUT2D eigenvalue weighted by Gasteiger charge is -2.23. The number of benzene rings is 1. The van der Waals surface area contributed by atoms with E-state index < -0.39 is 0 Å². The van der Waals surface area contributed by atoms with Gasteiger partial charge in [-0.05, 0) is 30.5 Å². The van der Waals surface area contributed by atoms with Crippen molar-refractivity contribution in [2.24, 2.45) is 5.73 Å². The van der Waals surface area contributed by atoms with Crippen molar-refractivity contribution in [2.75, 3.05) is 13.1 Å². The number of likely N-dealkylation sites (tertiary alicyclic amines) is 1. The molecule has 1 aromatic rings. The number of hydrogen-bond acceptors (Lipinski definition) is 2. The molecule has 4 heteroatoms. The fourth-order valence-corrected chi connectivity index (χ4v) is 2.41. The summed E-state index contributed by atoms with van der Waals surface area (Å²) >= 11 is 5.81. The molecule has 0 aromatic heterocycles. The molecule has 0 spiro atoms. The van der Waals surface area contributed by atoms with Crippen molar-refractivity contribution in [3.8, 4) is 0 Å². The van der Waals surface area contributed by atoms with E-state index in [0.717, 1.165) is 24.9 Å². The van der Waals surface area contributed by atoms with Crippen LogP contribution in [0.4, 0.5) is 0 Å². The second-order valence-electron chi connectivity index (χ2n) is 4.42. The van der Waals surface area contributed by atoms with Crippen LogP contribution in [-0.4, -0.2) is 29.9 Å². The minimum absolute atomic E-state index is 0.167. The fraction of sp³-hybridized carbons (Fsp3) is 0.462. The standard InChI is InChI=1S/C13H17ClN2O/c14-11-5-3-10(4-6-11)8-13(17)16-7-1-2-12(16)9-15/h3-6,12H,1-2,7-9,15H2. The molecule has 1 amide bonds. The minimum atomic E-state index is 0.167. The molecule has 1 heterocycles. The minimum Gasteiger partial charge on any atom is -0.338 e.